The quantitative estimate of drug-likeness (QED) is 0.508. The van der Waals surface area contributed by atoms with E-state index in [4.69, 9.17) is 9.15 Å². The predicted molar refractivity (Wildman–Crippen MR) is 100 cm³/mol. The number of pyridine rings is 1. The minimum absolute atomic E-state index is 0.0723. The highest BCUT2D eigenvalue weighted by atomic mass is 16.5. The van der Waals surface area contributed by atoms with E-state index in [-0.39, 0.29) is 17.9 Å². The number of hydrogen-bond acceptors (Lipinski definition) is 4. The number of para-hydroxylation sites is 2. The molecule has 0 saturated carbocycles. The molecule has 5 rings (SSSR count). The van der Waals surface area contributed by atoms with Gasteiger partial charge in [-0.2, -0.15) is 0 Å². The summed E-state index contributed by atoms with van der Waals surface area (Å²) >= 11 is 0. The Balaban J connectivity index is 1.91. The van der Waals surface area contributed by atoms with E-state index in [1.807, 2.05) is 54.6 Å². The molecular formula is C22H15NO4. The van der Waals surface area contributed by atoms with Crippen molar-refractivity contribution >= 4 is 16.9 Å². The summed E-state index contributed by atoms with van der Waals surface area (Å²) in [5.74, 6) is 0.0783. The second-order valence-corrected chi connectivity index (χ2v) is 6.48. The summed E-state index contributed by atoms with van der Waals surface area (Å²) in [5.41, 5.74) is 1.70. The minimum Gasteiger partial charge on any atom is -0.469 e. The minimum atomic E-state index is -0.469. The lowest BCUT2D eigenvalue weighted by molar-refractivity contribution is -0.135. The van der Waals surface area contributed by atoms with Crippen LogP contribution in [-0.2, 0) is 4.79 Å². The van der Waals surface area contributed by atoms with Crippen LogP contribution in [0.3, 0.4) is 0 Å². The molecule has 0 amide bonds. The van der Waals surface area contributed by atoms with Crippen LogP contribution in [0.4, 0.5) is 0 Å². The van der Waals surface area contributed by atoms with Gasteiger partial charge in [0.25, 0.3) is 5.56 Å². The van der Waals surface area contributed by atoms with Crippen LogP contribution >= 0.6 is 0 Å². The van der Waals surface area contributed by atoms with Crippen LogP contribution in [0.1, 0.15) is 23.7 Å². The molecule has 1 aliphatic rings. The zero-order valence-electron chi connectivity index (χ0n) is 14.3. The topological polar surface area (TPSA) is 61.4 Å². The van der Waals surface area contributed by atoms with E-state index in [2.05, 4.69) is 0 Å². The number of ether oxygens (including phenoxy) is 1. The number of nitrogens with zero attached hydrogens (tertiary/aromatic N) is 1. The van der Waals surface area contributed by atoms with Gasteiger partial charge in [0.05, 0.1) is 29.7 Å². The molecule has 1 atom stereocenters. The summed E-state index contributed by atoms with van der Waals surface area (Å²) in [6, 6.07) is 20.4. The average Bonchev–Trinajstić information content (AvgIpc) is 3.23. The van der Waals surface area contributed by atoms with Crippen LogP contribution in [0.2, 0.25) is 0 Å². The van der Waals surface area contributed by atoms with Crippen molar-refractivity contribution in [1.82, 2.24) is 4.57 Å². The molecule has 1 aliphatic heterocycles. The van der Waals surface area contributed by atoms with Crippen molar-refractivity contribution < 1.29 is 13.9 Å². The monoisotopic (exact) mass is 357 g/mol. The molecule has 132 valence electrons. The second-order valence-electron chi connectivity index (χ2n) is 6.48. The van der Waals surface area contributed by atoms with Gasteiger partial charge in [0.15, 0.2) is 0 Å². The van der Waals surface area contributed by atoms with Gasteiger partial charge in [0, 0.05) is 11.1 Å². The van der Waals surface area contributed by atoms with Crippen LogP contribution in [0.5, 0.6) is 5.75 Å². The Bertz CT molecular complexity index is 1210. The van der Waals surface area contributed by atoms with Crippen LogP contribution in [0.25, 0.3) is 16.6 Å². The third kappa shape index (κ3) is 2.39. The van der Waals surface area contributed by atoms with Gasteiger partial charge in [-0.3, -0.25) is 14.2 Å². The summed E-state index contributed by atoms with van der Waals surface area (Å²) in [5, 5.41) is 0.723. The molecule has 5 nitrogen and oxygen atoms in total. The van der Waals surface area contributed by atoms with Crippen LogP contribution < -0.4 is 10.3 Å². The van der Waals surface area contributed by atoms with E-state index in [0.717, 1.165) is 11.1 Å². The third-order valence-corrected chi connectivity index (χ3v) is 4.90. The molecule has 2 aromatic carbocycles. The molecule has 0 N–H and O–H groups in total. The zero-order valence-corrected chi connectivity index (χ0v) is 14.3. The van der Waals surface area contributed by atoms with Crippen LogP contribution in [0.15, 0.2) is 82.2 Å². The summed E-state index contributed by atoms with van der Waals surface area (Å²) in [4.78, 5) is 25.8. The van der Waals surface area contributed by atoms with E-state index in [9.17, 15) is 9.59 Å². The Morgan fingerprint density at radius 2 is 1.67 bits per heavy atom. The SMILES string of the molecule is O=C1CC(c2ccco2)c2c(c3ccccc3n(-c3ccccc3)c2=O)O1. The van der Waals surface area contributed by atoms with E-state index in [0.29, 0.717) is 22.6 Å². The maximum absolute atomic E-state index is 13.6. The van der Waals surface area contributed by atoms with Gasteiger partial charge in [0.2, 0.25) is 0 Å². The van der Waals surface area contributed by atoms with Crippen molar-refractivity contribution in [3.05, 3.63) is 94.7 Å². The molecule has 5 heteroatoms. The Morgan fingerprint density at radius 1 is 0.889 bits per heavy atom. The highest BCUT2D eigenvalue weighted by Crippen LogP contribution is 2.41. The van der Waals surface area contributed by atoms with Gasteiger partial charge in [0.1, 0.15) is 11.5 Å². The molecule has 0 aliphatic carbocycles. The smallest absolute Gasteiger partial charge is 0.312 e. The number of carbonyl (C=O) groups excluding carboxylic acids is 1. The van der Waals surface area contributed by atoms with Crippen molar-refractivity contribution in [2.24, 2.45) is 0 Å². The average molecular weight is 357 g/mol. The van der Waals surface area contributed by atoms with Gasteiger partial charge >= 0.3 is 5.97 Å². The number of carbonyl (C=O) groups is 1. The van der Waals surface area contributed by atoms with Crippen molar-refractivity contribution in [2.45, 2.75) is 12.3 Å². The molecule has 0 fully saturated rings. The molecule has 3 heterocycles. The molecule has 4 aromatic rings. The highest BCUT2D eigenvalue weighted by molar-refractivity contribution is 5.92. The second kappa shape index (κ2) is 5.99. The number of furan rings is 1. The van der Waals surface area contributed by atoms with Crippen LogP contribution in [-0.4, -0.2) is 10.5 Å². The van der Waals surface area contributed by atoms with Gasteiger partial charge in [-0.25, -0.2) is 0 Å². The number of hydrogen-bond donors (Lipinski definition) is 0. The van der Waals surface area contributed by atoms with E-state index in [1.165, 1.54) is 0 Å². The fourth-order valence-corrected chi connectivity index (χ4v) is 3.74. The standard InChI is InChI=1S/C22H15NO4/c24-19-13-16(18-11-6-12-26-18)20-21(27-19)15-9-4-5-10-17(15)23(22(20)25)14-7-2-1-3-8-14/h1-12,16H,13H2. The maximum Gasteiger partial charge on any atom is 0.312 e. The summed E-state index contributed by atoms with van der Waals surface area (Å²) in [6.45, 7) is 0. The number of fused-ring (bicyclic) bond motifs is 3. The van der Waals surface area contributed by atoms with Crippen molar-refractivity contribution in [1.29, 1.82) is 0 Å². The Kier molecular flexibility index (Phi) is 3.47. The molecule has 1 unspecified atom stereocenters. The lowest BCUT2D eigenvalue weighted by atomic mass is 9.90. The number of benzene rings is 2. The number of esters is 1. The van der Waals surface area contributed by atoms with E-state index >= 15 is 0 Å². The van der Waals surface area contributed by atoms with Gasteiger partial charge in [-0.1, -0.05) is 30.3 Å². The van der Waals surface area contributed by atoms with Gasteiger partial charge in [-0.15, -0.1) is 0 Å². The zero-order chi connectivity index (χ0) is 18.4. The first-order chi connectivity index (χ1) is 13.2. The Hall–Kier alpha value is -3.60. The van der Waals surface area contributed by atoms with Crippen molar-refractivity contribution in [3.63, 3.8) is 0 Å². The lowest BCUT2D eigenvalue weighted by Crippen LogP contribution is -2.31. The summed E-state index contributed by atoms with van der Waals surface area (Å²) in [7, 11) is 0. The van der Waals surface area contributed by atoms with Gasteiger partial charge in [-0.05, 0) is 36.4 Å². The molecule has 0 bridgehead atoms. The van der Waals surface area contributed by atoms with E-state index < -0.39 is 5.92 Å². The maximum atomic E-state index is 13.6. The molecule has 2 aromatic heterocycles. The first kappa shape index (κ1) is 15.6. The number of rotatable bonds is 2. The van der Waals surface area contributed by atoms with Crippen molar-refractivity contribution in [2.75, 3.05) is 0 Å². The fourth-order valence-electron chi connectivity index (χ4n) is 3.74. The summed E-state index contributed by atoms with van der Waals surface area (Å²) < 4.78 is 12.8. The largest absolute Gasteiger partial charge is 0.469 e. The fraction of sp³-hybridized carbons (Fsp3) is 0.0909. The Morgan fingerprint density at radius 3 is 2.44 bits per heavy atom. The lowest BCUT2D eigenvalue weighted by Gasteiger charge is -2.25. The normalized spacial score (nSPS) is 16.1. The molecule has 0 saturated heterocycles. The highest BCUT2D eigenvalue weighted by Gasteiger charge is 2.35. The first-order valence-corrected chi connectivity index (χ1v) is 8.71. The molecular weight excluding hydrogens is 342 g/mol. The predicted octanol–water partition coefficient (Wildman–Crippen LogP) is 4.02. The van der Waals surface area contributed by atoms with Gasteiger partial charge < -0.3 is 9.15 Å². The first-order valence-electron chi connectivity index (χ1n) is 8.71. The molecule has 27 heavy (non-hydrogen) atoms. The third-order valence-electron chi connectivity index (χ3n) is 4.90. The molecule has 0 spiro atoms. The van der Waals surface area contributed by atoms with E-state index in [1.54, 1.807) is 23.0 Å². The number of aromatic nitrogens is 1. The Labute approximate surface area is 154 Å². The summed E-state index contributed by atoms with van der Waals surface area (Å²) in [6.07, 6.45) is 1.62. The molecule has 0 radical (unpaired) electrons. The van der Waals surface area contributed by atoms with Crippen molar-refractivity contribution in [3.8, 4) is 11.4 Å². The van der Waals surface area contributed by atoms with Crippen LogP contribution in [0, 0.1) is 0 Å².